The number of rotatable bonds is 9. The molecule has 0 radical (unpaired) electrons. The zero-order valence-electron chi connectivity index (χ0n) is 16.6. The molecule has 1 aromatic rings. The lowest BCUT2D eigenvalue weighted by atomic mass is 10.1. The summed E-state index contributed by atoms with van der Waals surface area (Å²) in [5.41, 5.74) is 0. The fourth-order valence-electron chi connectivity index (χ4n) is 3.47. The lowest BCUT2D eigenvalue weighted by Gasteiger charge is -2.26. The Kier molecular flexibility index (Phi) is 8.17. The van der Waals surface area contributed by atoms with Crippen LogP contribution in [0.3, 0.4) is 0 Å². The number of hydrogen-bond acceptors (Lipinski definition) is 8. The van der Waals surface area contributed by atoms with Crippen molar-refractivity contribution in [2.45, 2.75) is 35.7 Å². The minimum atomic E-state index is -3.77. The summed E-state index contributed by atoms with van der Waals surface area (Å²) >= 11 is 0. The van der Waals surface area contributed by atoms with Gasteiger partial charge in [0.15, 0.2) is 0 Å². The van der Waals surface area contributed by atoms with Gasteiger partial charge in [-0.15, -0.1) is 0 Å². The molecule has 168 valence electrons. The van der Waals surface area contributed by atoms with Crippen LogP contribution in [0.4, 0.5) is 0 Å². The molecule has 1 amide bonds. The number of aliphatic hydroxyl groups is 2. The molecule has 0 bridgehead atoms. The van der Waals surface area contributed by atoms with Gasteiger partial charge in [-0.3, -0.25) is 9.69 Å². The van der Waals surface area contributed by atoms with E-state index < -0.39 is 34.4 Å². The highest BCUT2D eigenvalue weighted by Gasteiger charge is 2.43. The Morgan fingerprint density at radius 3 is 2.47 bits per heavy atom. The van der Waals surface area contributed by atoms with Gasteiger partial charge in [0, 0.05) is 32.7 Å². The number of benzene rings is 1. The topological polar surface area (TPSA) is 137 Å². The van der Waals surface area contributed by atoms with E-state index in [0.29, 0.717) is 26.3 Å². The standard InChI is InChI=1S/C19H29N3O7S/c23-17(20-6-7-22-8-10-28-11-9-22)12-15-18(24)19(25)16(29-15)13-21-30(26,27)14-4-2-1-3-5-14/h1-5,15-16,18-19,21,24-25H,6-13H2,(H,20,23)/t15-,16+,18-,19+/m0/s1. The van der Waals surface area contributed by atoms with Gasteiger partial charge in [-0.25, -0.2) is 13.1 Å². The molecule has 30 heavy (non-hydrogen) atoms. The van der Waals surface area contributed by atoms with Crippen molar-refractivity contribution in [2.24, 2.45) is 0 Å². The molecular weight excluding hydrogens is 414 g/mol. The van der Waals surface area contributed by atoms with Crippen LogP contribution in [0, 0.1) is 0 Å². The van der Waals surface area contributed by atoms with Gasteiger partial charge in [0.2, 0.25) is 15.9 Å². The highest BCUT2D eigenvalue weighted by Crippen LogP contribution is 2.23. The van der Waals surface area contributed by atoms with E-state index >= 15 is 0 Å². The first-order valence-corrected chi connectivity index (χ1v) is 11.5. The van der Waals surface area contributed by atoms with E-state index in [2.05, 4.69) is 14.9 Å². The summed E-state index contributed by atoms with van der Waals surface area (Å²) < 4.78 is 37.8. The van der Waals surface area contributed by atoms with Crippen LogP contribution in [0.1, 0.15) is 6.42 Å². The average molecular weight is 444 g/mol. The molecule has 1 aromatic carbocycles. The van der Waals surface area contributed by atoms with Gasteiger partial charge in [-0.1, -0.05) is 18.2 Å². The van der Waals surface area contributed by atoms with Gasteiger partial charge < -0.3 is 25.0 Å². The van der Waals surface area contributed by atoms with Crippen molar-refractivity contribution in [2.75, 3.05) is 45.9 Å². The lowest BCUT2D eigenvalue weighted by molar-refractivity contribution is -0.125. The number of morpholine rings is 1. The Hall–Kier alpha value is -1.60. The van der Waals surface area contributed by atoms with Crippen molar-refractivity contribution in [1.29, 1.82) is 0 Å². The molecule has 0 spiro atoms. The number of sulfonamides is 1. The van der Waals surface area contributed by atoms with Crippen molar-refractivity contribution >= 4 is 15.9 Å². The first-order chi connectivity index (χ1) is 14.4. The molecule has 2 aliphatic heterocycles. The van der Waals surface area contributed by atoms with Crippen LogP contribution in [0.15, 0.2) is 35.2 Å². The first kappa shape index (κ1) is 23.1. The van der Waals surface area contributed by atoms with Crippen LogP contribution in [0.5, 0.6) is 0 Å². The summed E-state index contributed by atoms with van der Waals surface area (Å²) in [4.78, 5) is 14.4. The molecule has 2 saturated heterocycles. The maximum atomic E-state index is 12.3. The third-order valence-electron chi connectivity index (χ3n) is 5.23. The zero-order valence-corrected chi connectivity index (χ0v) is 17.5. The van der Waals surface area contributed by atoms with E-state index in [1.165, 1.54) is 12.1 Å². The smallest absolute Gasteiger partial charge is 0.240 e. The van der Waals surface area contributed by atoms with Crippen molar-refractivity contribution in [3.63, 3.8) is 0 Å². The van der Waals surface area contributed by atoms with Crippen molar-refractivity contribution < 1.29 is 32.9 Å². The second kappa shape index (κ2) is 10.6. The lowest BCUT2D eigenvalue weighted by Crippen LogP contribution is -2.42. The largest absolute Gasteiger partial charge is 0.388 e. The number of ether oxygens (including phenoxy) is 2. The number of amides is 1. The summed E-state index contributed by atoms with van der Waals surface area (Å²) in [7, 11) is -3.77. The number of nitrogens with one attached hydrogen (secondary N) is 2. The first-order valence-electron chi connectivity index (χ1n) is 10.00. The highest BCUT2D eigenvalue weighted by atomic mass is 32.2. The number of hydrogen-bond donors (Lipinski definition) is 4. The second-order valence-electron chi connectivity index (χ2n) is 7.37. The Morgan fingerprint density at radius 2 is 1.77 bits per heavy atom. The van der Waals surface area contributed by atoms with Crippen LogP contribution in [0.2, 0.25) is 0 Å². The molecular formula is C19H29N3O7S. The molecule has 4 N–H and O–H groups in total. The van der Waals surface area contributed by atoms with Crippen LogP contribution >= 0.6 is 0 Å². The predicted octanol–water partition coefficient (Wildman–Crippen LogP) is -1.71. The summed E-state index contributed by atoms with van der Waals surface area (Å²) in [5, 5.41) is 23.2. The molecule has 2 aliphatic rings. The number of nitrogens with zero attached hydrogens (tertiary/aromatic N) is 1. The van der Waals surface area contributed by atoms with Crippen LogP contribution in [0.25, 0.3) is 0 Å². The summed E-state index contributed by atoms with van der Waals surface area (Å²) in [6.07, 6.45) is -4.56. The quantitative estimate of drug-likeness (QED) is 0.354. The van der Waals surface area contributed by atoms with Gasteiger partial charge in [0.1, 0.15) is 18.3 Å². The van der Waals surface area contributed by atoms with Crippen molar-refractivity contribution in [3.05, 3.63) is 30.3 Å². The summed E-state index contributed by atoms with van der Waals surface area (Å²) in [6.45, 7) is 3.97. The Bertz CT molecular complexity index is 787. The molecule has 0 unspecified atom stereocenters. The number of carbonyl (C=O) groups excluding carboxylic acids is 1. The van der Waals surface area contributed by atoms with Crippen LogP contribution in [-0.2, 0) is 24.3 Å². The van der Waals surface area contributed by atoms with Crippen LogP contribution in [-0.4, -0.2) is 99.8 Å². The second-order valence-corrected chi connectivity index (χ2v) is 9.13. The molecule has 0 aromatic heterocycles. The van der Waals surface area contributed by atoms with Crippen molar-refractivity contribution in [1.82, 2.24) is 14.9 Å². The maximum absolute atomic E-state index is 12.3. The molecule has 2 heterocycles. The molecule has 10 nitrogen and oxygen atoms in total. The molecule has 0 aliphatic carbocycles. The maximum Gasteiger partial charge on any atom is 0.240 e. The monoisotopic (exact) mass is 443 g/mol. The van der Waals surface area contributed by atoms with Crippen LogP contribution < -0.4 is 10.0 Å². The van der Waals surface area contributed by atoms with Gasteiger partial charge in [0.05, 0.1) is 30.6 Å². The van der Waals surface area contributed by atoms with Gasteiger partial charge in [-0.05, 0) is 12.1 Å². The number of carbonyl (C=O) groups is 1. The van der Waals surface area contributed by atoms with E-state index in [1.54, 1.807) is 18.2 Å². The SMILES string of the molecule is O=C(C[C@@H]1O[C@H](CNS(=O)(=O)c2ccccc2)[C@@H](O)[C@H]1O)NCCN1CCOCC1. The third kappa shape index (κ3) is 6.20. The van der Waals surface area contributed by atoms with E-state index in [1.807, 2.05) is 0 Å². The average Bonchev–Trinajstić information content (AvgIpc) is 3.01. The van der Waals surface area contributed by atoms with E-state index in [0.717, 1.165) is 13.1 Å². The Morgan fingerprint density at radius 1 is 1.10 bits per heavy atom. The van der Waals surface area contributed by atoms with E-state index in [-0.39, 0.29) is 23.8 Å². The normalized spacial score (nSPS) is 27.8. The summed E-state index contributed by atoms with van der Waals surface area (Å²) in [6, 6.07) is 7.82. The molecule has 0 saturated carbocycles. The highest BCUT2D eigenvalue weighted by molar-refractivity contribution is 7.89. The minimum absolute atomic E-state index is 0.0919. The fourth-order valence-corrected chi connectivity index (χ4v) is 4.54. The minimum Gasteiger partial charge on any atom is -0.388 e. The predicted molar refractivity (Wildman–Crippen MR) is 107 cm³/mol. The van der Waals surface area contributed by atoms with Gasteiger partial charge >= 0.3 is 0 Å². The Balaban J connectivity index is 1.43. The van der Waals surface area contributed by atoms with E-state index in [9.17, 15) is 23.4 Å². The molecule has 11 heteroatoms. The molecule has 3 rings (SSSR count). The zero-order chi connectivity index (χ0) is 21.6. The Labute approximate surface area is 176 Å². The molecule has 2 fully saturated rings. The summed E-state index contributed by atoms with van der Waals surface area (Å²) in [5.74, 6) is -0.301. The number of aliphatic hydroxyl groups excluding tert-OH is 2. The fraction of sp³-hybridized carbons (Fsp3) is 0.632. The molecule has 4 atom stereocenters. The third-order valence-corrected chi connectivity index (χ3v) is 6.67. The van der Waals surface area contributed by atoms with E-state index in [4.69, 9.17) is 9.47 Å². The van der Waals surface area contributed by atoms with Gasteiger partial charge in [0.25, 0.3) is 0 Å². The van der Waals surface area contributed by atoms with Crippen molar-refractivity contribution in [3.8, 4) is 0 Å². The van der Waals surface area contributed by atoms with Gasteiger partial charge in [-0.2, -0.15) is 0 Å².